The minimum absolute atomic E-state index is 0.0719. The summed E-state index contributed by atoms with van der Waals surface area (Å²) in [6.45, 7) is 2.24. The molecule has 0 fully saturated rings. The molecule has 0 saturated heterocycles. The lowest BCUT2D eigenvalue weighted by molar-refractivity contribution is -0.113. The van der Waals surface area contributed by atoms with Crippen LogP contribution in [-0.2, 0) is 4.79 Å². The molecule has 122 valence electrons. The maximum Gasteiger partial charge on any atom is 0.251 e. The second-order valence-corrected chi connectivity index (χ2v) is 7.18. The average molecular weight is 349 g/mol. The smallest absolute Gasteiger partial charge is 0.251 e. The van der Waals surface area contributed by atoms with Gasteiger partial charge in [0.25, 0.3) is 5.91 Å². The van der Waals surface area contributed by atoms with E-state index in [0.717, 1.165) is 4.21 Å². The van der Waals surface area contributed by atoms with Gasteiger partial charge in [0, 0.05) is 23.8 Å². The SMILES string of the molecule is C[C@@H](CN)NC(=O)c1ccc(NC(=O)CSc2cccs2)cc1. The first-order chi connectivity index (χ1) is 11.1. The van der Waals surface area contributed by atoms with Crippen molar-refractivity contribution < 1.29 is 9.59 Å². The Morgan fingerprint density at radius 1 is 1.26 bits per heavy atom. The van der Waals surface area contributed by atoms with Crippen LogP contribution in [0, 0.1) is 0 Å². The molecule has 1 heterocycles. The molecule has 2 amide bonds. The van der Waals surface area contributed by atoms with Gasteiger partial charge in [-0.2, -0.15) is 0 Å². The summed E-state index contributed by atoms with van der Waals surface area (Å²) in [6, 6.07) is 10.7. The molecule has 0 aliphatic heterocycles. The number of carbonyl (C=O) groups excluding carboxylic acids is 2. The number of thiophene rings is 1. The van der Waals surface area contributed by atoms with Crippen LogP contribution in [0.4, 0.5) is 5.69 Å². The fourth-order valence-corrected chi connectivity index (χ4v) is 3.33. The van der Waals surface area contributed by atoms with E-state index in [1.807, 2.05) is 24.4 Å². The van der Waals surface area contributed by atoms with Crippen molar-refractivity contribution in [2.24, 2.45) is 5.73 Å². The summed E-state index contributed by atoms with van der Waals surface area (Å²) in [7, 11) is 0. The summed E-state index contributed by atoms with van der Waals surface area (Å²) in [4.78, 5) is 23.8. The highest BCUT2D eigenvalue weighted by molar-refractivity contribution is 8.01. The molecule has 1 aromatic heterocycles. The minimum atomic E-state index is -0.172. The Morgan fingerprint density at radius 2 is 2.00 bits per heavy atom. The summed E-state index contributed by atoms with van der Waals surface area (Å²) in [5, 5.41) is 7.59. The molecule has 0 radical (unpaired) electrons. The van der Waals surface area contributed by atoms with Gasteiger partial charge in [-0.1, -0.05) is 6.07 Å². The summed E-state index contributed by atoms with van der Waals surface area (Å²) in [5.41, 5.74) is 6.69. The van der Waals surface area contributed by atoms with E-state index in [-0.39, 0.29) is 17.9 Å². The number of nitrogens with two attached hydrogens (primary N) is 1. The molecule has 0 saturated carbocycles. The quantitative estimate of drug-likeness (QED) is 0.671. The van der Waals surface area contributed by atoms with Crippen molar-refractivity contribution >= 4 is 40.6 Å². The van der Waals surface area contributed by atoms with Crippen LogP contribution in [-0.4, -0.2) is 30.2 Å². The maximum absolute atomic E-state index is 11.9. The predicted molar refractivity (Wildman–Crippen MR) is 96.1 cm³/mol. The van der Waals surface area contributed by atoms with E-state index in [2.05, 4.69) is 10.6 Å². The van der Waals surface area contributed by atoms with Crippen LogP contribution in [0.1, 0.15) is 17.3 Å². The lowest BCUT2D eigenvalue weighted by atomic mass is 10.2. The van der Waals surface area contributed by atoms with Crippen molar-refractivity contribution in [3.8, 4) is 0 Å². The van der Waals surface area contributed by atoms with Crippen molar-refractivity contribution in [3.63, 3.8) is 0 Å². The zero-order valence-electron chi connectivity index (χ0n) is 12.7. The predicted octanol–water partition coefficient (Wildman–Crippen LogP) is 2.56. The van der Waals surface area contributed by atoms with Gasteiger partial charge < -0.3 is 16.4 Å². The molecule has 0 aliphatic carbocycles. The highest BCUT2D eigenvalue weighted by atomic mass is 32.2. The molecule has 0 bridgehead atoms. The molecule has 0 spiro atoms. The van der Waals surface area contributed by atoms with Crippen molar-refractivity contribution in [1.29, 1.82) is 0 Å². The topological polar surface area (TPSA) is 84.2 Å². The van der Waals surface area contributed by atoms with Crippen LogP contribution in [0.2, 0.25) is 0 Å². The van der Waals surface area contributed by atoms with Gasteiger partial charge in [-0.15, -0.1) is 23.1 Å². The van der Waals surface area contributed by atoms with Gasteiger partial charge in [-0.25, -0.2) is 0 Å². The van der Waals surface area contributed by atoms with Crippen LogP contribution < -0.4 is 16.4 Å². The first-order valence-corrected chi connectivity index (χ1v) is 9.02. The largest absolute Gasteiger partial charge is 0.348 e. The fraction of sp³-hybridized carbons (Fsp3) is 0.250. The van der Waals surface area contributed by atoms with E-state index < -0.39 is 0 Å². The molecular weight excluding hydrogens is 330 g/mol. The first-order valence-electron chi connectivity index (χ1n) is 7.15. The summed E-state index contributed by atoms with van der Waals surface area (Å²) in [6.07, 6.45) is 0. The van der Waals surface area contributed by atoms with Gasteiger partial charge in [0.05, 0.1) is 9.96 Å². The summed E-state index contributed by atoms with van der Waals surface area (Å²) >= 11 is 3.11. The third-order valence-corrected chi connectivity index (χ3v) is 5.13. The molecule has 2 rings (SSSR count). The lowest BCUT2D eigenvalue weighted by Gasteiger charge is -2.11. The van der Waals surface area contributed by atoms with Crippen LogP contribution in [0.15, 0.2) is 46.0 Å². The Labute approximate surface area is 143 Å². The van der Waals surface area contributed by atoms with E-state index >= 15 is 0 Å². The second kappa shape index (κ2) is 8.71. The molecule has 2 aromatic rings. The number of benzene rings is 1. The summed E-state index contributed by atoms with van der Waals surface area (Å²) in [5.74, 6) is 0.114. The van der Waals surface area contributed by atoms with Gasteiger partial charge >= 0.3 is 0 Å². The zero-order chi connectivity index (χ0) is 16.7. The van der Waals surface area contributed by atoms with Crippen LogP contribution in [0.3, 0.4) is 0 Å². The van der Waals surface area contributed by atoms with Crippen molar-refractivity contribution in [3.05, 3.63) is 47.3 Å². The molecule has 1 atom stereocenters. The zero-order valence-corrected chi connectivity index (χ0v) is 14.4. The van der Waals surface area contributed by atoms with Crippen molar-refractivity contribution in [2.45, 2.75) is 17.2 Å². The Balaban J connectivity index is 1.84. The molecule has 0 unspecified atom stereocenters. The van der Waals surface area contributed by atoms with Crippen molar-refractivity contribution in [1.82, 2.24) is 5.32 Å². The average Bonchev–Trinajstić information content (AvgIpc) is 3.07. The maximum atomic E-state index is 11.9. The molecule has 5 nitrogen and oxygen atoms in total. The van der Waals surface area contributed by atoms with E-state index in [4.69, 9.17) is 5.73 Å². The molecule has 0 aliphatic rings. The number of amides is 2. The molecule has 23 heavy (non-hydrogen) atoms. The third-order valence-electron chi connectivity index (χ3n) is 3.00. The van der Waals surface area contributed by atoms with E-state index in [1.165, 1.54) is 11.8 Å². The van der Waals surface area contributed by atoms with Crippen LogP contribution in [0.5, 0.6) is 0 Å². The van der Waals surface area contributed by atoms with Gasteiger partial charge in [-0.3, -0.25) is 9.59 Å². The Hall–Kier alpha value is -1.83. The standard InChI is InChI=1S/C16H19N3O2S2/c1-11(9-17)18-16(21)12-4-6-13(7-5-12)19-14(20)10-23-15-3-2-8-22-15/h2-8,11H,9-10,17H2,1H3,(H,18,21)(H,19,20)/t11-/m0/s1. The molecule has 1 aromatic carbocycles. The second-order valence-electron chi connectivity index (χ2n) is 4.96. The highest BCUT2D eigenvalue weighted by Crippen LogP contribution is 2.23. The van der Waals surface area contributed by atoms with Gasteiger partial charge in [0.1, 0.15) is 0 Å². The van der Waals surface area contributed by atoms with E-state index in [0.29, 0.717) is 23.5 Å². The summed E-state index contributed by atoms with van der Waals surface area (Å²) < 4.78 is 1.11. The van der Waals surface area contributed by atoms with Gasteiger partial charge in [-0.05, 0) is 42.6 Å². The first kappa shape index (κ1) is 17.5. The van der Waals surface area contributed by atoms with Crippen molar-refractivity contribution in [2.75, 3.05) is 17.6 Å². The number of carbonyl (C=O) groups is 2. The van der Waals surface area contributed by atoms with E-state index in [1.54, 1.807) is 35.6 Å². The number of rotatable bonds is 7. The molecule has 4 N–H and O–H groups in total. The minimum Gasteiger partial charge on any atom is -0.348 e. The monoisotopic (exact) mass is 349 g/mol. The lowest BCUT2D eigenvalue weighted by Crippen LogP contribution is -2.37. The Bertz CT molecular complexity index is 642. The van der Waals surface area contributed by atoms with Crippen LogP contribution in [0.25, 0.3) is 0 Å². The molecular formula is C16H19N3O2S2. The third kappa shape index (κ3) is 5.70. The Kier molecular flexibility index (Phi) is 6.64. The number of hydrogen-bond acceptors (Lipinski definition) is 5. The van der Waals surface area contributed by atoms with Crippen LogP contribution >= 0.6 is 23.1 Å². The number of thioether (sulfide) groups is 1. The van der Waals surface area contributed by atoms with Gasteiger partial charge in [0.2, 0.25) is 5.91 Å². The fourth-order valence-electron chi connectivity index (χ4n) is 1.75. The molecule has 7 heteroatoms. The number of nitrogens with one attached hydrogen (secondary N) is 2. The highest BCUT2D eigenvalue weighted by Gasteiger charge is 2.09. The van der Waals surface area contributed by atoms with Gasteiger partial charge in [0.15, 0.2) is 0 Å². The van der Waals surface area contributed by atoms with E-state index in [9.17, 15) is 9.59 Å². The number of hydrogen-bond donors (Lipinski definition) is 3. The Morgan fingerprint density at radius 3 is 2.61 bits per heavy atom. The number of anilines is 1. The normalized spacial score (nSPS) is 11.7.